The highest BCUT2D eigenvalue weighted by Crippen LogP contribution is 2.28. The van der Waals surface area contributed by atoms with Crippen molar-refractivity contribution in [1.29, 1.82) is 0 Å². The molecule has 1 saturated heterocycles. The van der Waals surface area contributed by atoms with E-state index in [4.69, 9.17) is 0 Å². The van der Waals surface area contributed by atoms with Gasteiger partial charge >= 0.3 is 0 Å². The third-order valence-corrected chi connectivity index (χ3v) is 4.66. The Bertz CT molecular complexity index is 664. The number of rotatable bonds is 4. The van der Waals surface area contributed by atoms with Crippen molar-refractivity contribution in [3.63, 3.8) is 0 Å². The molecular weight excluding hydrogens is 303 g/mol. The first-order valence-corrected chi connectivity index (χ1v) is 8.49. The van der Waals surface area contributed by atoms with Gasteiger partial charge in [-0.1, -0.05) is 37.3 Å². The first kappa shape index (κ1) is 16.7. The van der Waals surface area contributed by atoms with Gasteiger partial charge in [-0.05, 0) is 61.7 Å². The number of likely N-dealkylation sites (tertiary alicyclic amines) is 1. The van der Waals surface area contributed by atoms with Crippen LogP contribution in [0.25, 0.3) is 0 Å². The Morgan fingerprint density at radius 1 is 1.08 bits per heavy atom. The molecule has 0 aliphatic carbocycles. The first-order chi connectivity index (χ1) is 11.6. The van der Waals surface area contributed by atoms with Crippen LogP contribution in [-0.4, -0.2) is 23.9 Å². The lowest BCUT2D eigenvalue weighted by atomic mass is 9.95. The highest BCUT2D eigenvalue weighted by Gasteiger charge is 2.30. The third kappa shape index (κ3) is 4.01. The van der Waals surface area contributed by atoms with Crippen LogP contribution < -0.4 is 5.32 Å². The largest absolute Gasteiger partial charge is 0.324 e. The van der Waals surface area contributed by atoms with Crippen molar-refractivity contribution >= 4 is 11.6 Å². The Hall–Kier alpha value is -2.20. The zero-order valence-electron chi connectivity index (χ0n) is 13.9. The molecule has 0 spiro atoms. The van der Waals surface area contributed by atoms with Gasteiger partial charge in [-0.2, -0.15) is 0 Å². The van der Waals surface area contributed by atoms with Gasteiger partial charge in [0, 0.05) is 5.69 Å². The van der Waals surface area contributed by atoms with Crippen molar-refractivity contribution < 1.29 is 9.18 Å². The summed E-state index contributed by atoms with van der Waals surface area (Å²) in [5.41, 5.74) is 1.61. The predicted octanol–water partition coefficient (Wildman–Crippen LogP) is 4.24. The summed E-state index contributed by atoms with van der Waals surface area (Å²) in [6, 6.07) is 15.4. The number of nitrogens with one attached hydrogen (secondary N) is 1. The molecule has 1 aliphatic rings. The molecule has 3 nitrogen and oxygen atoms in total. The summed E-state index contributed by atoms with van der Waals surface area (Å²) in [5.74, 6) is 0.331. The van der Waals surface area contributed by atoms with Crippen LogP contribution in [0.3, 0.4) is 0 Å². The Kier molecular flexibility index (Phi) is 5.26. The molecule has 126 valence electrons. The zero-order valence-corrected chi connectivity index (χ0v) is 13.9. The number of nitrogens with zero attached hydrogens (tertiary/aromatic N) is 1. The lowest BCUT2D eigenvalue weighted by molar-refractivity contribution is -0.122. The van der Waals surface area contributed by atoms with Gasteiger partial charge in [-0.25, -0.2) is 4.39 Å². The molecule has 0 bridgehead atoms. The van der Waals surface area contributed by atoms with Crippen LogP contribution >= 0.6 is 0 Å². The van der Waals surface area contributed by atoms with E-state index < -0.39 is 0 Å². The minimum absolute atomic E-state index is 0.0673. The molecule has 2 aromatic rings. The molecule has 0 aromatic heterocycles. The summed E-state index contributed by atoms with van der Waals surface area (Å²) in [6.45, 7) is 4.09. The van der Waals surface area contributed by atoms with E-state index in [1.54, 1.807) is 12.1 Å². The molecule has 0 unspecified atom stereocenters. The lowest BCUT2D eigenvalue weighted by Gasteiger charge is -2.36. The highest BCUT2D eigenvalue weighted by atomic mass is 19.1. The van der Waals surface area contributed by atoms with Crippen LogP contribution in [0.1, 0.15) is 31.4 Å². The number of piperidine rings is 1. The second kappa shape index (κ2) is 7.58. The van der Waals surface area contributed by atoms with Gasteiger partial charge in [0.2, 0.25) is 5.91 Å². The molecule has 2 aromatic carbocycles. The number of anilines is 1. The predicted molar refractivity (Wildman–Crippen MR) is 94.2 cm³/mol. The molecule has 3 rings (SSSR count). The molecule has 0 saturated carbocycles. The van der Waals surface area contributed by atoms with Gasteiger partial charge in [-0.15, -0.1) is 0 Å². The number of benzene rings is 2. The van der Waals surface area contributed by atoms with Crippen LogP contribution in [-0.2, 0) is 4.79 Å². The van der Waals surface area contributed by atoms with Gasteiger partial charge in [0.25, 0.3) is 0 Å². The average molecular weight is 326 g/mol. The molecular formula is C20H23FN2O. The summed E-state index contributed by atoms with van der Waals surface area (Å²) in [7, 11) is 0. The van der Waals surface area contributed by atoms with Crippen LogP contribution in [0, 0.1) is 11.7 Å². The Labute approximate surface area is 142 Å². The summed E-state index contributed by atoms with van der Waals surface area (Å²) in [5, 5.41) is 2.93. The van der Waals surface area contributed by atoms with Crippen LogP contribution in [0.4, 0.5) is 10.1 Å². The third-order valence-electron chi connectivity index (χ3n) is 4.66. The van der Waals surface area contributed by atoms with Crippen molar-refractivity contribution in [3.8, 4) is 0 Å². The minimum Gasteiger partial charge on any atom is -0.324 e. The van der Waals surface area contributed by atoms with Gasteiger partial charge in [-0.3, -0.25) is 9.69 Å². The molecule has 1 heterocycles. The van der Waals surface area contributed by atoms with Gasteiger partial charge in [0.1, 0.15) is 11.9 Å². The number of carbonyl (C=O) groups is 1. The molecule has 4 heteroatoms. The fourth-order valence-corrected chi connectivity index (χ4v) is 3.19. The van der Waals surface area contributed by atoms with Crippen LogP contribution in [0.5, 0.6) is 0 Å². The smallest absolute Gasteiger partial charge is 0.246 e. The summed E-state index contributed by atoms with van der Waals surface area (Å²) in [4.78, 5) is 15.2. The maximum atomic E-state index is 13.1. The number of hydrogen-bond donors (Lipinski definition) is 1. The van der Waals surface area contributed by atoms with E-state index in [9.17, 15) is 9.18 Å². The van der Waals surface area contributed by atoms with Crippen molar-refractivity contribution in [2.75, 3.05) is 18.4 Å². The second-order valence-corrected chi connectivity index (χ2v) is 6.53. The minimum atomic E-state index is -0.316. The maximum absolute atomic E-state index is 13.1. The summed E-state index contributed by atoms with van der Waals surface area (Å²) < 4.78 is 13.1. The monoisotopic (exact) mass is 326 g/mol. The molecule has 1 fully saturated rings. The van der Waals surface area contributed by atoms with Crippen molar-refractivity contribution in [3.05, 3.63) is 66.0 Å². The quantitative estimate of drug-likeness (QED) is 0.911. The van der Waals surface area contributed by atoms with E-state index in [0.717, 1.165) is 31.5 Å². The fourth-order valence-electron chi connectivity index (χ4n) is 3.19. The van der Waals surface area contributed by atoms with E-state index in [1.165, 1.54) is 12.1 Å². The maximum Gasteiger partial charge on any atom is 0.246 e. The van der Waals surface area contributed by atoms with E-state index in [0.29, 0.717) is 11.6 Å². The van der Waals surface area contributed by atoms with E-state index in [2.05, 4.69) is 17.1 Å². The van der Waals surface area contributed by atoms with Crippen molar-refractivity contribution in [2.24, 2.45) is 5.92 Å². The first-order valence-electron chi connectivity index (χ1n) is 8.49. The van der Waals surface area contributed by atoms with E-state index in [-0.39, 0.29) is 17.8 Å². The molecule has 1 amide bonds. The Morgan fingerprint density at radius 2 is 1.71 bits per heavy atom. The molecule has 1 aliphatic heterocycles. The number of hydrogen-bond acceptors (Lipinski definition) is 2. The zero-order chi connectivity index (χ0) is 16.9. The van der Waals surface area contributed by atoms with Crippen molar-refractivity contribution in [1.82, 2.24) is 4.90 Å². The number of halogens is 1. The van der Waals surface area contributed by atoms with Crippen LogP contribution in [0.15, 0.2) is 54.6 Å². The number of amides is 1. The topological polar surface area (TPSA) is 32.3 Å². The Morgan fingerprint density at radius 3 is 2.33 bits per heavy atom. The Balaban J connectivity index is 1.81. The summed E-state index contributed by atoms with van der Waals surface area (Å²) >= 11 is 0. The van der Waals surface area contributed by atoms with E-state index in [1.807, 2.05) is 30.3 Å². The van der Waals surface area contributed by atoms with Crippen molar-refractivity contribution in [2.45, 2.75) is 25.8 Å². The molecule has 24 heavy (non-hydrogen) atoms. The van der Waals surface area contributed by atoms with Gasteiger partial charge < -0.3 is 5.32 Å². The number of carbonyl (C=O) groups excluding carboxylic acids is 1. The average Bonchev–Trinajstić information content (AvgIpc) is 2.60. The standard InChI is InChI=1S/C20H23FN2O/c1-15-11-13-23(14-12-15)19(16-5-3-2-4-6-16)20(24)22-18-9-7-17(21)8-10-18/h2-10,15,19H,11-14H2,1H3,(H,22,24)/t19-/m1/s1. The van der Waals surface area contributed by atoms with Gasteiger partial charge in [0.05, 0.1) is 0 Å². The fraction of sp³-hybridized carbons (Fsp3) is 0.350. The normalized spacial score (nSPS) is 17.4. The lowest BCUT2D eigenvalue weighted by Crippen LogP contribution is -2.41. The van der Waals surface area contributed by atoms with Crippen LogP contribution in [0.2, 0.25) is 0 Å². The SMILES string of the molecule is CC1CCN([C@@H](C(=O)Nc2ccc(F)cc2)c2ccccc2)CC1. The molecule has 1 atom stereocenters. The summed E-state index contributed by atoms with van der Waals surface area (Å²) in [6.07, 6.45) is 2.21. The van der Waals surface area contributed by atoms with Gasteiger partial charge in [0.15, 0.2) is 0 Å². The molecule has 0 radical (unpaired) electrons. The van der Waals surface area contributed by atoms with E-state index >= 15 is 0 Å². The molecule has 1 N–H and O–H groups in total. The highest BCUT2D eigenvalue weighted by molar-refractivity contribution is 5.95. The second-order valence-electron chi connectivity index (χ2n) is 6.53.